The number of hydrogen-bond acceptors (Lipinski definition) is 3. The van der Waals surface area contributed by atoms with Crippen molar-refractivity contribution in [1.29, 1.82) is 0 Å². The highest BCUT2D eigenvalue weighted by Gasteiger charge is 2.11. The standard InChI is InChI=1S/C11H14O3/c1-8(2)13-14-11(12)10-7-5-4-6-9(10)3/h4-8H,1-3H3. The van der Waals surface area contributed by atoms with Crippen molar-refractivity contribution in [3.8, 4) is 0 Å². The first kappa shape index (κ1) is 10.7. The summed E-state index contributed by atoms with van der Waals surface area (Å²) < 4.78 is 0. The lowest BCUT2D eigenvalue weighted by Crippen LogP contribution is -2.11. The number of rotatable bonds is 3. The Labute approximate surface area is 83.6 Å². The first-order chi connectivity index (χ1) is 6.61. The van der Waals surface area contributed by atoms with E-state index in [1.54, 1.807) is 26.0 Å². The van der Waals surface area contributed by atoms with Crippen LogP contribution in [0.15, 0.2) is 24.3 Å². The van der Waals surface area contributed by atoms with Gasteiger partial charge in [-0.15, -0.1) is 0 Å². The number of carbonyl (C=O) groups is 1. The third-order valence-corrected chi connectivity index (χ3v) is 1.68. The molecular weight excluding hydrogens is 180 g/mol. The molecule has 3 heteroatoms. The van der Waals surface area contributed by atoms with E-state index < -0.39 is 5.97 Å². The second kappa shape index (κ2) is 4.77. The maximum atomic E-state index is 11.4. The average molecular weight is 194 g/mol. The molecule has 0 bridgehead atoms. The summed E-state index contributed by atoms with van der Waals surface area (Å²) in [5, 5.41) is 0. The van der Waals surface area contributed by atoms with Crippen LogP contribution in [0.25, 0.3) is 0 Å². The summed E-state index contributed by atoms with van der Waals surface area (Å²) in [5.74, 6) is -0.447. The molecule has 0 aliphatic rings. The van der Waals surface area contributed by atoms with Crippen molar-refractivity contribution < 1.29 is 14.6 Å². The van der Waals surface area contributed by atoms with Gasteiger partial charge in [-0.3, -0.25) is 4.89 Å². The fourth-order valence-corrected chi connectivity index (χ4v) is 0.987. The number of aryl methyl sites for hydroxylation is 1. The molecule has 0 aliphatic carbocycles. The van der Waals surface area contributed by atoms with Crippen molar-refractivity contribution >= 4 is 5.97 Å². The van der Waals surface area contributed by atoms with Gasteiger partial charge in [-0.1, -0.05) is 18.2 Å². The Morgan fingerprint density at radius 1 is 1.29 bits per heavy atom. The highest BCUT2D eigenvalue weighted by molar-refractivity contribution is 5.90. The third-order valence-electron chi connectivity index (χ3n) is 1.68. The number of hydrogen-bond donors (Lipinski definition) is 0. The summed E-state index contributed by atoms with van der Waals surface area (Å²) in [4.78, 5) is 20.8. The quantitative estimate of drug-likeness (QED) is 0.547. The van der Waals surface area contributed by atoms with Crippen LogP contribution in [-0.4, -0.2) is 12.1 Å². The lowest BCUT2D eigenvalue weighted by atomic mass is 10.1. The first-order valence-corrected chi connectivity index (χ1v) is 4.54. The topological polar surface area (TPSA) is 35.5 Å². The Morgan fingerprint density at radius 2 is 1.93 bits per heavy atom. The fourth-order valence-electron chi connectivity index (χ4n) is 0.987. The Balaban J connectivity index is 2.65. The van der Waals surface area contributed by atoms with Crippen LogP contribution >= 0.6 is 0 Å². The van der Waals surface area contributed by atoms with E-state index in [-0.39, 0.29) is 6.10 Å². The van der Waals surface area contributed by atoms with Crippen LogP contribution in [0.1, 0.15) is 29.8 Å². The van der Waals surface area contributed by atoms with Gasteiger partial charge in [0, 0.05) is 0 Å². The molecule has 0 aliphatic heterocycles. The molecule has 0 atom stereocenters. The van der Waals surface area contributed by atoms with E-state index in [4.69, 9.17) is 4.89 Å². The van der Waals surface area contributed by atoms with Crippen LogP contribution in [0.2, 0.25) is 0 Å². The van der Waals surface area contributed by atoms with Crippen molar-refractivity contribution in [1.82, 2.24) is 0 Å². The average Bonchev–Trinajstić information content (AvgIpc) is 2.15. The van der Waals surface area contributed by atoms with Crippen LogP contribution in [0.4, 0.5) is 0 Å². The van der Waals surface area contributed by atoms with Gasteiger partial charge in [0.25, 0.3) is 0 Å². The van der Waals surface area contributed by atoms with Crippen molar-refractivity contribution in [2.45, 2.75) is 26.9 Å². The van der Waals surface area contributed by atoms with Gasteiger partial charge in [-0.25, -0.2) is 4.79 Å². The maximum absolute atomic E-state index is 11.4. The molecule has 76 valence electrons. The number of carbonyl (C=O) groups excluding carboxylic acids is 1. The normalized spacial score (nSPS) is 10.3. The monoisotopic (exact) mass is 194 g/mol. The molecule has 0 heterocycles. The molecule has 1 rings (SSSR count). The fraction of sp³-hybridized carbons (Fsp3) is 0.364. The molecule has 1 aromatic carbocycles. The molecule has 0 saturated heterocycles. The summed E-state index contributed by atoms with van der Waals surface area (Å²) in [5.41, 5.74) is 1.41. The molecule has 0 amide bonds. The molecule has 0 fully saturated rings. The largest absolute Gasteiger partial charge is 0.373 e. The highest BCUT2D eigenvalue weighted by Crippen LogP contribution is 2.09. The smallest absolute Gasteiger partial charge is 0.293 e. The van der Waals surface area contributed by atoms with Crippen molar-refractivity contribution in [3.63, 3.8) is 0 Å². The second-order valence-corrected chi connectivity index (χ2v) is 3.33. The lowest BCUT2D eigenvalue weighted by molar-refractivity contribution is -0.265. The van der Waals surface area contributed by atoms with Gasteiger partial charge in [-0.2, -0.15) is 4.89 Å². The molecule has 0 N–H and O–H groups in total. The molecule has 14 heavy (non-hydrogen) atoms. The Hall–Kier alpha value is -1.35. The molecule has 0 aromatic heterocycles. The first-order valence-electron chi connectivity index (χ1n) is 4.54. The zero-order valence-corrected chi connectivity index (χ0v) is 8.61. The molecule has 0 saturated carbocycles. The van der Waals surface area contributed by atoms with E-state index in [1.807, 2.05) is 19.1 Å². The zero-order valence-electron chi connectivity index (χ0n) is 8.61. The van der Waals surface area contributed by atoms with Crippen LogP contribution in [0, 0.1) is 6.92 Å². The van der Waals surface area contributed by atoms with Gasteiger partial charge in [-0.05, 0) is 32.4 Å². The molecule has 0 unspecified atom stereocenters. The van der Waals surface area contributed by atoms with Crippen LogP contribution in [0.3, 0.4) is 0 Å². The van der Waals surface area contributed by atoms with Gasteiger partial charge in [0.1, 0.15) is 0 Å². The third kappa shape index (κ3) is 2.85. The molecule has 0 spiro atoms. The van der Waals surface area contributed by atoms with E-state index in [0.717, 1.165) is 5.56 Å². The van der Waals surface area contributed by atoms with Crippen molar-refractivity contribution in [2.24, 2.45) is 0 Å². The molecule has 0 radical (unpaired) electrons. The van der Waals surface area contributed by atoms with E-state index >= 15 is 0 Å². The van der Waals surface area contributed by atoms with E-state index in [1.165, 1.54) is 0 Å². The van der Waals surface area contributed by atoms with E-state index in [9.17, 15) is 4.79 Å². The molecule has 1 aromatic rings. The van der Waals surface area contributed by atoms with Gasteiger partial charge in [0.05, 0.1) is 11.7 Å². The van der Waals surface area contributed by atoms with Gasteiger partial charge in [0.2, 0.25) is 0 Å². The van der Waals surface area contributed by atoms with Crippen LogP contribution < -0.4 is 0 Å². The predicted molar refractivity (Wildman–Crippen MR) is 52.8 cm³/mol. The summed E-state index contributed by atoms with van der Waals surface area (Å²) in [6, 6.07) is 7.22. The van der Waals surface area contributed by atoms with E-state index in [2.05, 4.69) is 4.89 Å². The predicted octanol–water partition coefficient (Wildman–Crippen LogP) is 2.49. The molecule has 3 nitrogen and oxygen atoms in total. The highest BCUT2D eigenvalue weighted by atomic mass is 17.2. The maximum Gasteiger partial charge on any atom is 0.373 e. The lowest BCUT2D eigenvalue weighted by Gasteiger charge is -2.07. The zero-order chi connectivity index (χ0) is 10.6. The minimum absolute atomic E-state index is 0.122. The minimum Gasteiger partial charge on any atom is -0.293 e. The van der Waals surface area contributed by atoms with Crippen molar-refractivity contribution in [2.75, 3.05) is 0 Å². The Kier molecular flexibility index (Phi) is 3.65. The van der Waals surface area contributed by atoms with Gasteiger partial charge >= 0.3 is 5.97 Å². The van der Waals surface area contributed by atoms with Crippen LogP contribution in [-0.2, 0) is 9.78 Å². The summed E-state index contributed by atoms with van der Waals surface area (Å²) in [7, 11) is 0. The minimum atomic E-state index is -0.447. The summed E-state index contributed by atoms with van der Waals surface area (Å²) in [6.45, 7) is 5.45. The Morgan fingerprint density at radius 3 is 2.50 bits per heavy atom. The Bertz CT molecular complexity index is 318. The van der Waals surface area contributed by atoms with Gasteiger partial charge in [0.15, 0.2) is 0 Å². The number of benzene rings is 1. The second-order valence-electron chi connectivity index (χ2n) is 3.33. The van der Waals surface area contributed by atoms with Crippen LogP contribution in [0.5, 0.6) is 0 Å². The summed E-state index contributed by atoms with van der Waals surface area (Å²) >= 11 is 0. The van der Waals surface area contributed by atoms with Gasteiger partial charge < -0.3 is 0 Å². The molecular formula is C11H14O3. The van der Waals surface area contributed by atoms with E-state index in [0.29, 0.717) is 5.56 Å². The summed E-state index contributed by atoms with van der Waals surface area (Å²) in [6.07, 6.45) is -0.122. The van der Waals surface area contributed by atoms with Crippen molar-refractivity contribution in [3.05, 3.63) is 35.4 Å². The SMILES string of the molecule is Cc1ccccc1C(=O)OOC(C)C.